The molecular formula is C18H36N2O. The van der Waals surface area contributed by atoms with Gasteiger partial charge in [-0.05, 0) is 51.0 Å². The first-order chi connectivity index (χ1) is 10.1. The van der Waals surface area contributed by atoms with Crippen molar-refractivity contribution in [2.24, 2.45) is 5.92 Å². The summed E-state index contributed by atoms with van der Waals surface area (Å²) in [6, 6.07) is 0.652. The van der Waals surface area contributed by atoms with Crippen LogP contribution in [0.2, 0.25) is 0 Å². The average molecular weight is 296 g/mol. The molecule has 1 N–H and O–H groups in total. The molecule has 0 aliphatic carbocycles. The molecule has 3 nitrogen and oxygen atoms in total. The molecule has 0 amide bonds. The number of piperazine rings is 1. The Morgan fingerprint density at radius 1 is 1.29 bits per heavy atom. The average Bonchev–Trinajstić information content (AvgIpc) is 3.00. The molecule has 2 rings (SSSR count). The Morgan fingerprint density at radius 3 is 2.62 bits per heavy atom. The molecule has 0 aromatic heterocycles. The van der Waals surface area contributed by atoms with Gasteiger partial charge >= 0.3 is 0 Å². The fourth-order valence-corrected chi connectivity index (χ4v) is 4.03. The third-order valence-corrected chi connectivity index (χ3v) is 5.88. The molecule has 21 heavy (non-hydrogen) atoms. The lowest BCUT2D eigenvalue weighted by Gasteiger charge is -2.50. The summed E-state index contributed by atoms with van der Waals surface area (Å²) in [5.41, 5.74) is 0.377. The maximum Gasteiger partial charge on any atom is 0.0576 e. The summed E-state index contributed by atoms with van der Waals surface area (Å²) < 4.78 is 5.78. The quantitative estimate of drug-likeness (QED) is 0.779. The van der Waals surface area contributed by atoms with E-state index in [1.807, 2.05) is 0 Å². The van der Waals surface area contributed by atoms with Crippen molar-refractivity contribution in [3.63, 3.8) is 0 Å². The largest absolute Gasteiger partial charge is 0.378 e. The molecule has 2 saturated heterocycles. The van der Waals surface area contributed by atoms with Gasteiger partial charge in [0.25, 0.3) is 0 Å². The SMILES string of the molecule is CCC1(CC)CNC(C(C)C)CN1CCCC1CCCO1. The van der Waals surface area contributed by atoms with E-state index in [4.69, 9.17) is 4.74 Å². The molecule has 0 spiro atoms. The first-order valence-electron chi connectivity index (χ1n) is 9.21. The topological polar surface area (TPSA) is 24.5 Å². The molecule has 2 heterocycles. The maximum atomic E-state index is 5.78. The number of hydrogen-bond acceptors (Lipinski definition) is 3. The zero-order valence-electron chi connectivity index (χ0n) is 14.7. The molecule has 2 unspecified atom stereocenters. The lowest BCUT2D eigenvalue weighted by molar-refractivity contribution is 0.0169. The van der Waals surface area contributed by atoms with Crippen molar-refractivity contribution in [3.8, 4) is 0 Å². The molecule has 2 atom stereocenters. The molecule has 2 aliphatic heterocycles. The van der Waals surface area contributed by atoms with E-state index in [1.165, 1.54) is 51.6 Å². The van der Waals surface area contributed by atoms with E-state index in [1.54, 1.807) is 0 Å². The highest BCUT2D eigenvalue weighted by Gasteiger charge is 2.39. The molecule has 3 heteroatoms. The second-order valence-corrected chi connectivity index (χ2v) is 7.39. The van der Waals surface area contributed by atoms with Crippen molar-refractivity contribution in [2.75, 3.05) is 26.2 Å². The molecule has 0 saturated carbocycles. The highest BCUT2D eigenvalue weighted by molar-refractivity contribution is 4.98. The molecule has 2 fully saturated rings. The molecular weight excluding hydrogens is 260 g/mol. The lowest BCUT2D eigenvalue weighted by atomic mass is 9.85. The highest BCUT2D eigenvalue weighted by atomic mass is 16.5. The fraction of sp³-hybridized carbons (Fsp3) is 1.00. The van der Waals surface area contributed by atoms with Gasteiger partial charge in [0.05, 0.1) is 6.10 Å². The normalized spacial score (nSPS) is 30.1. The fourth-order valence-electron chi connectivity index (χ4n) is 4.03. The number of nitrogens with one attached hydrogen (secondary N) is 1. The van der Waals surface area contributed by atoms with Crippen molar-refractivity contribution >= 4 is 0 Å². The van der Waals surface area contributed by atoms with E-state index in [9.17, 15) is 0 Å². The van der Waals surface area contributed by atoms with Crippen molar-refractivity contribution in [2.45, 2.75) is 83.9 Å². The summed E-state index contributed by atoms with van der Waals surface area (Å²) in [7, 11) is 0. The van der Waals surface area contributed by atoms with Gasteiger partial charge in [0.15, 0.2) is 0 Å². The van der Waals surface area contributed by atoms with Crippen LogP contribution in [0.25, 0.3) is 0 Å². The smallest absolute Gasteiger partial charge is 0.0576 e. The van der Waals surface area contributed by atoms with E-state index in [2.05, 4.69) is 37.9 Å². The molecule has 124 valence electrons. The summed E-state index contributed by atoms with van der Waals surface area (Å²) in [5, 5.41) is 3.81. The molecule has 0 aromatic carbocycles. The Morgan fingerprint density at radius 2 is 2.05 bits per heavy atom. The van der Waals surface area contributed by atoms with Crippen LogP contribution in [-0.4, -0.2) is 48.8 Å². The summed E-state index contributed by atoms with van der Waals surface area (Å²) in [6.07, 6.45) is 8.13. The summed E-state index contributed by atoms with van der Waals surface area (Å²) >= 11 is 0. The predicted molar refractivity (Wildman–Crippen MR) is 89.7 cm³/mol. The third-order valence-electron chi connectivity index (χ3n) is 5.88. The van der Waals surface area contributed by atoms with E-state index in [-0.39, 0.29) is 0 Å². The first-order valence-corrected chi connectivity index (χ1v) is 9.21. The van der Waals surface area contributed by atoms with Gasteiger partial charge in [-0.25, -0.2) is 0 Å². The third kappa shape index (κ3) is 4.20. The highest BCUT2D eigenvalue weighted by Crippen LogP contribution is 2.29. The van der Waals surface area contributed by atoms with Crippen LogP contribution in [0.3, 0.4) is 0 Å². The number of nitrogens with zero attached hydrogens (tertiary/aromatic N) is 1. The molecule has 0 aromatic rings. The molecule has 2 aliphatic rings. The van der Waals surface area contributed by atoms with Crippen molar-refractivity contribution in [3.05, 3.63) is 0 Å². The Kier molecular flexibility index (Phi) is 6.51. The standard InChI is InChI=1S/C18H36N2O/c1-5-18(6-2)14-19-17(15(3)4)13-20(18)11-7-9-16-10-8-12-21-16/h15-17,19H,5-14H2,1-4H3. The zero-order valence-corrected chi connectivity index (χ0v) is 14.7. The minimum atomic E-state index is 0.377. The lowest BCUT2D eigenvalue weighted by Crippen LogP contribution is -2.65. The van der Waals surface area contributed by atoms with Gasteiger partial charge in [-0.3, -0.25) is 4.90 Å². The van der Waals surface area contributed by atoms with Gasteiger partial charge in [-0.1, -0.05) is 27.7 Å². The summed E-state index contributed by atoms with van der Waals surface area (Å²) in [5.74, 6) is 0.720. The Balaban J connectivity index is 1.89. The second kappa shape index (κ2) is 7.94. The van der Waals surface area contributed by atoms with Crippen molar-refractivity contribution < 1.29 is 4.74 Å². The summed E-state index contributed by atoms with van der Waals surface area (Å²) in [6.45, 7) is 14.0. The maximum absolute atomic E-state index is 5.78. The minimum Gasteiger partial charge on any atom is -0.378 e. The van der Waals surface area contributed by atoms with E-state index in [0.717, 1.165) is 19.1 Å². The van der Waals surface area contributed by atoms with Crippen LogP contribution < -0.4 is 5.32 Å². The van der Waals surface area contributed by atoms with E-state index in [0.29, 0.717) is 17.7 Å². The van der Waals surface area contributed by atoms with Gasteiger partial charge in [0, 0.05) is 31.3 Å². The second-order valence-electron chi connectivity index (χ2n) is 7.39. The first kappa shape index (κ1) is 17.2. The molecule has 0 radical (unpaired) electrons. The predicted octanol–water partition coefficient (Wildman–Crippen LogP) is 3.43. The Hall–Kier alpha value is -0.120. The molecule has 0 bridgehead atoms. The van der Waals surface area contributed by atoms with Gasteiger partial charge in [0.2, 0.25) is 0 Å². The Bertz CT molecular complexity index is 296. The monoisotopic (exact) mass is 296 g/mol. The van der Waals surface area contributed by atoms with Crippen LogP contribution >= 0.6 is 0 Å². The van der Waals surface area contributed by atoms with Crippen molar-refractivity contribution in [1.82, 2.24) is 10.2 Å². The van der Waals surface area contributed by atoms with E-state index < -0.39 is 0 Å². The van der Waals surface area contributed by atoms with Crippen molar-refractivity contribution in [1.29, 1.82) is 0 Å². The van der Waals surface area contributed by atoms with Gasteiger partial charge in [0.1, 0.15) is 0 Å². The zero-order chi connectivity index (χ0) is 15.3. The van der Waals surface area contributed by atoms with Crippen LogP contribution in [0, 0.1) is 5.92 Å². The number of ether oxygens (including phenoxy) is 1. The van der Waals surface area contributed by atoms with Gasteiger partial charge in [-0.15, -0.1) is 0 Å². The minimum absolute atomic E-state index is 0.377. The number of hydrogen-bond donors (Lipinski definition) is 1. The van der Waals surface area contributed by atoms with Crippen LogP contribution in [-0.2, 0) is 4.74 Å². The van der Waals surface area contributed by atoms with Crippen LogP contribution in [0.1, 0.15) is 66.2 Å². The Labute approximate surface area is 131 Å². The van der Waals surface area contributed by atoms with Gasteiger partial charge in [-0.2, -0.15) is 0 Å². The van der Waals surface area contributed by atoms with E-state index >= 15 is 0 Å². The van der Waals surface area contributed by atoms with Crippen LogP contribution in [0.5, 0.6) is 0 Å². The summed E-state index contributed by atoms with van der Waals surface area (Å²) in [4.78, 5) is 2.79. The van der Waals surface area contributed by atoms with Crippen LogP contribution in [0.4, 0.5) is 0 Å². The van der Waals surface area contributed by atoms with Crippen LogP contribution in [0.15, 0.2) is 0 Å². The van der Waals surface area contributed by atoms with Gasteiger partial charge < -0.3 is 10.1 Å². The number of rotatable bonds is 7.